The molecule has 0 atom stereocenters. The number of carbonyl (C=O) groups is 1. The minimum absolute atomic E-state index is 0.325. The summed E-state index contributed by atoms with van der Waals surface area (Å²) < 4.78 is 6.39. The lowest BCUT2D eigenvalue weighted by Crippen LogP contribution is -2.12. The number of fused-ring (bicyclic) bond motifs is 1. The highest BCUT2D eigenvalue weighted by molar-refractivity contribution is 7.98. The maximum Gasteiger partial charge on any atom is 0.357 e. The first-order valence-corrected chi connectivity index (χ1v) is 6.33. The van der Waals surface area contributed by atoms with Gasteiger partial charge < -0.3 is 4.74 Å². The van der Waals surface area contributed by atoms with E-state index in [1.165, 1.54) is 16.3 Å². The third kappa shape index (κ3) is 2.23. The molecule has 0 unspecified atom stereocenters. The topological polar surface area (TPSA) is 69.4 Å². The third-order valence-electron chi connectivity index (χ3n) is 2.09. The van der Waals surface area contributed by atoms with Gasteiger partial charge in [0.2, 0.25) is 5.16 Å². The predicted octanol–water partition coefficient (Wildman–Crippen LogP) is 1.33. The summed E-state index contributed by atoms with van der Waals surface area (Å²) >= 11 is 1.40. The molecule has 0 radical (unpaired) electrons. The molecule has 0 amide bonds. The second kappa shape index (κ2) is 4.70. The number of rotatable bonds is 3. The highest BCUT2D eigenvalue weighted by Crippen LogP contribution is 2.13. The minimum atomic E-state index is -0.416. The second-order valence-electron chi connectivity index (χ2n) is 3.31. The van der Waals surface area contributed by atoms with E-state index >= 15 is 0 Å². The number of carbonyl (C=O) groups excluding carboxylic acids is 1. The number of aromatic nitrogens is 4. The van der Waals surface area contributed by atoms with E-state index < -0.39 is 5.97 Å². The van der Waals surface area contributed by atoms with Crippen molar-refractivity contribution in [2.45, 2.75) is 19.0 Å². The number of ether oxygens (including phenoxy) is 1. The largest absolute Gasteiger partial charge is 0.461 e. The number of nitrogens with zero attached hydrogens (tertiary/aromatic N) is 4. The molecule has 17 heavy (non-hydrogen) atoms. The molecule has 0 spiro atoms. The highest BCUT2D eigenvalue weighted by atomic mass is 32.2. The Bertz CT molecular complexity index is 567. The van der Waals surface area contributed by atoms with Gasteiger partial charge in [-0.15, -0.1) is 5.10 Å². The van der Waals surface area contributed by atoms with Gasteiger partial charge in [-0.05, 0) is 26.2 Å². The fraction of sp³-hybridized carbons (Fsp3) is 0.400. The molecule has 0 aliphatic heterocycles. The minimum Gasteiger partial charge on any atom is -0.461 e. The summed E-state index contributed by atoms with van der Waals surface area (Å²) in [5.41, 5.74) is 1.06. The van der Waals surface area contributed by atoms with Crippen molar-refractivity contribution in [1.82, 2.24) is 19.6 Å². The molecule has 0 fully saturated rings. The van der Waals surface area contributed by atoms with Gasteiger partial charge in [0.05, 0.1) is 6.61 Å². The molecule has 90 valence electrons. The van der Waals surface area contributed by atoms with Crippen molar-refractivity contribution in [2.75, 3.05) is 12.9 Å². The Hall–Kier alpha value is -1.63. The Morgan fingerprint density at radius 3 is 2.94 bits per heavy atom. The van der Waals surface area contributed by atoms with Crippen molar-refractivity contribution in [2.24, 2.45) is 0 Å². The summed E-state index contributed by atoms with van der Waals surface area (Å²) in [6.45, 7) is 3.89. The predicted molar refractivity (Wildman–Crippen MR) is 63.3 cm³/mol. The highest BCUT2D eigenvalue weighted by Gasteiger charge is 2.16. The van der Waals surface area contributed by atoms with Crippen molar-refractivity contribution >= 4 is 23.5 Å². The second-order valence-corrected chi connectivity index (χ2v) is 4.09. The molecule has 2 rings (SSSR count). The summed E-state index contributed by atoms with van der Waals surface area (Å²) in [6.07, 6.45) is 1.87. The molecule has 0 bridgehead atoms. The fourth-order valence-electron chi connectivity index (χ4n) is 1.41. The van der Waals surface area contributed by atoms with Crippen LogP contribution in [-0.4, -0.2) is 38.4 Å². The van der Waals surface area contributed by atoms with E-state index in [2.05, 4.69) is 15.1 Å². The monoisotopic (exact) mass is 252 g/mol. The van der Waals surface area contributed by atoms with Crippen molar-refractivity contribution in [3.8, 4) is 0 Å². The van der Waals surface area contributed by atoms with Crippen LogP contribution in [0.3, 0.4) is 0 Å². The summed E-state index contributed by atoms with van der Waals surface area (Å²) in [5.74, 6) is -0.00189. The number of thioether (sulfide) groups is 1. The first-order chi connectivity index (χ1) is 8.15. The van der Waals surface area contributed by atoms with Crippen molar-refractivity contribution in [3.05, 3.63) is 17.5 Å². The van der Waals surface area contributed by atoms with Crippen LogP contribution in [0.5, 0.6) is 0 Å². The summed E-state index contributed by atoms with van der Waals surface area (Å²) in [7, 11) is 0. The van der Waals surface area contributed by atoms with Crippen LogP contribution >= 0.6 is 11.8 Å². The zero-order chi connectivity index (χ0) is 12.4. The average molecular weight is 252 g/mol. The van der Waals surface area contributed by atoms with Gasteiger partial charge in [-0.2, -0.15) is 9.50 Å². The van der Waals surface area contributed by atoms with E-state index in [1.54, 1.807) is 19.9 Å². The molecule has 0 saturated carbocycles. The van der Waals surface area contributed by atoms with Crippen LogP contribution in [0, 0.1) is 6.92 Å². The van der Waals surface area contributed by atoms with Crippen LogP contribution in [0.25, 0.3) is 5.78 Å². The zero-order valence-corrected chi connectivity index (χ0v) is 10.6. The molecule has 0 aliphatic carbocycles. The van der Waals surface area contributed by atoms with Gasteiger partial charge in [-0.1, -0.05) is 11.8 Å². The van der Waals surface area contributed by atoms with E-state index in [1.807, 2.05) is 6.26 Å². The van der Waals surface area contributed by atoms with E-state index in [-0.39, 0.29) is 0 Å². The van der Waals surface area contributed by atoms with E-state index in [0.29, 0.717) is 28.9 Å². The van der Waals surface area contributed by atoms with Gasteiger partial charge in [0.25, 0.3) is 5.78 Å². The Kier molecular flexibility index (Phi) is 3.28. The fourth-order valence-corrected chi connectivity index (χ4v) is 1.74. The lowest BCUT2D eigenvalue weighted by molar-refractivity contribution is 0.0515. The lowest BCUT2D eigenvalue weighted by atomic mass is 10.3. The van der Waals surface area contributed by atoms with Crippen LogP contribution in [0.4, 0.5) is 0 Å². The van der Waals surface area contributed by atoms with Gasteiger partial charge in [-0.25, -0.2) is 9.78 Å². The first kappa shape index (κ1) is 11.8. The molecule has 7 heteroatoms. The van der Waals surface area contributed by atoms with Gasteiger partial charge in [0, 0.05) is 5.69 Å². The number of aryl methyl sites for hydroxylation is 1. The molecular formula is C10H12N4O2S. The molecule has 2 heterocycles. The first-order valence-electron chi connectivity index (χ1n) is 5.11. The molecule has 0 aromatic carbocycles. The molecule has 2 aromatic rings. The van der Waals surface area contributed by atoms with Gasteiger partial charge in [0.15, 0.2) is 5.69 Å². The van der Waals surface area contributed by atoms with Crippen molar-refractivity contribution in [3.63, 3.8) is 0 Å². The van der Waals surface area contributed by atoms with Gasteiger partial charge >= 0.3 is 5.97 Å². The standard InChI is InChI=1S/C10H12N4O2S/c1-4-16-8(15)7-5-6(2)11-9-12-10(17-3)13-14(7)9/h5H,4H2,1-3H3. The molecule has 2 aromatic heterocycles. The van der Waals surface area contributed by atoms with Crippen LogP contribution in [0.1, 0.15) is 23.1 Å². The van der Waals surface area contributed by atoms with Crippen LogP contribution in [-0.2, 0) is 4.74 Å². The Labute approximate surface area is 102 Å². The van der Waals surface area contributed by atoms with Crippen LogP contribution < -0.4 is 0 Å². The Morgan fingerprint density at radius 2 is 2.29 bits per heavy atom. The van der Waals surface area contributed by atoms with Crippen molar-refractivity contribution in [1.29, 1.82) is 0 Å². The van der Waals surface area contributed by atoms with E-state index in [4.69, 9.17) is 4.74 Å². The summed E-state index contributed by atoms with van der Waals surface area (Å²) in [5, 5.41) is 4.76. The molecule has 0 saturated heterocycles. The maximum absolute atomic E-state index is 11.8. The van der Waals surface area contributed by atoms with Gasteiger partial charge in [-0.3, -0.25) is 0 Å². The lowest BCUT2D eigenvalue weighted by Gasteiger charge is -2.03. The number of esters is 1. The van der Waals surface area contributed by atoms with E-state index in [0.717, 1.165) is 0 Å². The summed E-state index contributed by atoms with van der Waals surface area (Å²) in [6, 6.07) is 1.64. The summed E-state index contributed by atoms with van der Waals surface area (Å²) in [4.78, 5) is 20.2. The normalized spacial score (nSPS) is 10.8. The quantitative estimate of drug-likeness (QED) is 0.606. The molecule has 0 N–H and O–H groups in total. The smallest absolute Gasteiger partial charge is 0.357 e. The molecule has 0 aliphatic rings. The number of hydrogen-bond acceptors (Lipinski definition) is 6. The SMILES string of the molecule is CCOC(=O)c1cc(C)nc2nc(SC)nn12. The van der Waals surface area contributed by atoms with E-state index in [9.17, 15) is 4.79 Å². The van der Waals surface area contributed by atoms with Crippen molar-refractivity contribution < 1.29 is 9.53 Å². The Balaban J connectivity index is 2.60. The zero-order valence-electron chi connectivity index (χ0n) is 9.80. The Morgan fingerprint density at radius 1 is 1.53 bits per heavy atom. The van der Waals surface area contributed by atoms with Gasteiger partial charge in [0.1, 0.15) is 0 Å². The third-order valence-corrected chi connectivity index (χ3v) is 2.63. The van der Waals surface area contributed by atoms with Crippen LogP contribution in [0.15, 0.2) is 11.2 Å². The maximum atomic E-state index is 11.8. The average Bonchev–Trinajstić information content (AvgIpc) is 2.70. The molecule has 6 nitrogen and oxygen atoms in total. The number of hydrogen-bond donors (Lipinski definition) is 0. The van der Waals surface area contributed by atoms with Crippen LogP contribution in [0.2, 0.25) is 0 Å². The molecular weight excluding hydrogens is 240 g/mol.